The van der Waals surface area contributed by atoms with E-state index in [1.165, 1.54) is 109 Å². The fraction of sp³-hybridized carbons (Fsp3) is 0. The van der Waals surface area contributed by atoms with Crippen LogP contribution in [-0.4, -0.2) is 0 Å². The van der Waals surface area contributed by atoms with E-state index in [4.69, 9.17) is 0 Å². The van der Waals surface area contributed by atoms with Crippen LogP contribution in [0.2, 0.25) is 0 Å². The second-order valence-electron chi connectivity index (χ2n) is 19.2. The maximum Gasteiger partial charge on any atom is 0.0534 e. The summed E-state index contributed by atoms with van der Waals surface area (Å²) in [6, 6.07) is 90.3. The van der Waals surface area contributed by atoms with Crippen LogP contribution in [-0.2, 0) is 0 Å². The number of hydrogen-bond donors (Lipinski definition) is 0. The standard InChI is InChI=1S/C70H44N2/c1-7-23-53-49(21-1)41-61(57-27-11-9-25-55(53)57)69-59-39-37-52(72-67-31-15-5-19-47(67)35-36-48-20-6-16-32-68(48)72)44-64(59)70(62-42-50-22-2-8-24-54(50)56-26-10-12-28-58(56)62)60-40-38-51(43-63(60)69)71-65-29-13-3-17-45(65)33-34-46-18-4-14-30-66(46)71/h1-44H. The number of para-hydroxylation sites is 4. The van der Waals surface area contributed by atoms with Crippen molar-refractivity contribution in [3.63, 3.8) is 0 Å². The number of fused-ring (bicyclic) bond motifs is 12. The van der Waals surface area contributed by atoms with Crippen molar-refractivity contribution in [1.82, 2.24) is 0 Å². The molecule has 2 aliphatic heterocycles. The Hall–Kier alpha value is -9.50. The molecule has 0 saturated heterocycles. The van der Waals surface area contributed by atoms with Gasteiger partial charge in [-0.05, 0) is 170 Å². The summed E-state index contributed by atoms with van der Waals surface area (Å²) in [5.41, 5.74) is 16.4. The number of rotatable bonds is 4. The molecule has 13 aromatic rings. The summed E-state index contributed by atoms with van der Waals surface area (Å²) >= 11 is 0. The molecule has 2 heteroatoms. The molecule has 0 atom stereocenters. The van der Waals surface area contributed by atoms with Gasteiger partial charge >= 0.3 is 0 Å². The minimum Gasteiger partial charge on any atom is -0.309 e. The number of benzene rings is 13. The molecule has 0 unspecified atom stereocenters. The molecule has 0 bridgehead atoms. The summed E-state index contributed by atoms with van der Waals surface area (Å²) in [5, 5.41) is 14.7. The topological polar surface area (TPSA) is 6.48 Å². The van der Waals surface area contributed by atoms with E-state index in [1.54, 1.807) is 0 Å². The quantitative estimate of drug-likeness (QED) is 0.128. The predicted molar refractivity (Wildman–Crippen MR) is 310 cm³/mol. The van der Waals surface area contributed by atoms with Crippen molar-refractivity contribution in [1.29, 1.82) is 0 Å². The first-order valence-corrected chi connectivity index (χ1v) is 24.9. The summed E-state index contributed by atoms with van der Waals surface area (Å²) in [6.07, 6.45) is 9.03. The molecule has 13 aromatic carbocycles. The van der Waals surface area contributed by atoms with Gasteiger partial charge in [0.25, 0.3) is 0 Å². The number of anilines is 6. The monoisotopic (exact) mass is 912 g/mol. The molecule has 2 aliphatic rings. The molecule has 0 radical (unpaired) electrons. The molecular weight excluding hydrogens is 869 g/mol. The summed E-state index contributed by atoms with van der Waals surface area (Å²) in [4.78, 5) is 4.93. The van der Waals surface area contributed by atoms with E-state index in [0.29, 0.717) is 0 Å². The third-order valence-electron chi connectivity index (χ3n) is 15.3. The van der Waals surface area contributed by atoms with Crippen LogP contribution in [0.25, 0.3) is 111 Å². The summed E-state index contributed by atoms with van der Waals surface area (Å²) in [5.74, 6) is 0. The van der Waals surface area contributed by atoms with Gasteiger partial charge in [-0.15, -0.1) is 0 Å². The Morgan fingerprint density at radius 1 is 0.208 bits per heavy atom. The van der Waals surface area contributed by atoms with E-state index >= 15 is 0 Å². The van der Waals surface area contributed by atoms with E-state index in [0.717, 1.165) is 34.1 Å². The van der Waals surface area contributed by atoms with Crippen LogP contribution in [0.5, 0.6) is 0 Å². The number of nitrogens with zero attached hydrogens (tertiary/aromatic N) is 2. The SMILES string of the molecule is C1=Cc2ccccc2N(c2ccc3c(-c4cc5ccccc5c5ccccc45)c4cc(N5c6ccccc6C=Cc6ccccc65)ccc4c(-c4cc5ccccc5c5ccccc45)c3c2)c2ccccc21. The summed E-state index contributed by atoms with van der Waals surface area (Å²) in [7, 11) is 0. The first-order valence-electron chi connectivity index (χ1n) is 24.9. The molecule has 2 nitrogen and oxygen atoms in total. The van der Waals surface area contributed by atoms with Gasteiger partial charge in [-0.2, -0.15) is 0 Å². The summed E-state index contributed by atoms with van der Waals surface area (Å²) in [6.45, 7) is 0. The van der Waals surface area contributed by atoms with Gasteiger partial charge in [-0.25, -0.2) is 0 Å². The van der Waals surface area contributed by atoms with Crippen molar-refractivity contribution in [2.24, 2.45) is 0 Å². The van der Waals surface area contributed by atoms with Crippen molar-refractivity contribution in [2.75, 3.05) is 9.80 Å². The second-order valence-corrected chi connectivity index (χ2v) is 19.2. The highest BCUT2D eigenvalue weighted by atomic mass is 15.2. The van der Waals surface area contributed by atoms with Gasteiger partial charge in [0, 0.05) is 11.4 Å². The van der Waals surface area contributed by atoms with E-state index in [2.05, 4.69) is 277 Å². The lowest BCUT2D eigenvalue weighted by atomic mass is 9.82. The average Bonchev–Trinajstić information content (AvgIpc) is 3.72. The molecule has 0 aliphatic carbocycles. The summed E-state index contributed by atoms with van der Waals surface area (Å²) < 4.78 is 0. The predicted octanol–water partition coefficient (Wildman–Crippen LogP) is 19.8. The molecule has 72 heavy (non-hydrogen) atoms. The van der Waals surface area contributed by atoms with Gasteiger partial charge in [-0.1, -0.05) is 206 Å². The highest BCUT2D eigenvalue weighted by Gasteiger charge is 2.27. The Labute approximate surface area is 417 Å². The fourth-order valence-corrected chi connectivity index (χ4v) is 12.1. The van der Waals surface area contributed by atoms with E-state index < -0.39 is 0 Å². The second kappa shape index (κ2) is 16.0. The zero-order valence-corrected chi connectivity index (χ0v) is 39.3. The minimum atomic E-state index is 1.10. The van der Waals surface area contributed by atoms with E-state index in [-0.39, 0.29) is 0 Å². The molecule has 2 heterocycles. The van der Waals surface area contributed by atoms with Crippen molar-refractivity contribution in [3.05, 3.63) is 265 Å². The zero-order valence-electron chi connectivity index (χ0n) is 39.3. The van der Waals surface area contributed by atoms with E-state index in [1.807, 2.05) is 0 Å². The molecule has 0 aromatic heterocycles. The van der Waals surface area contributed by atoms with Gasteiger partial charge in [0.15, 0.2) is 0 Å². The van der Waals surface area contributed by atoms with Crippen molar-refractivity contribution < 1.29 is 0 Å². The van der Waals surface area contributed by atoms with Crippen LogP contribution in [0.15, 0.2) is 243 Å². The Kier molecular flexibility index (Phi) is 8.99. The van der Waals surface area contributed by atoms with Crippen molar-refractivity contribution in [3.8, 4) is 22.3 Å². The highest BCUT2D eigenvalue weighted by molar-refractivity contribution is 6.29. The molecular formula is C70H44N2. The van der Waals surface area contributed by atoms with Gasteiger partial charge < -0.3 is 9.80 Å². The van der Waals surface area contributed by atoms with Crippen molar-refractivity contribution in [2.45, 2.75) is 0 Å². The smallest absolute Gasteiger partial charge is 0.0534 e. The largest absolute Gasteiger partial charge is 0.309 e. The van der Waals surface area contributed by atoms with Crippen LogP contribution in [0, 0.1) is 0 Å². The first-order chi connectivity index (χ1) is 35.7. The van der Waals surface area contributed by atoms with Crippen LogP contribution >= 0.6 is 0 Å². The van der Waals surface area contributed by atoms with Crippen LogP contribution in [0.1, 0.15) is 22.3 Å². The highest BCUT2D eigenvalue weighted by Crippen LogP contribution is 2.53. The normalized spacial score (nSPS) is 12.8. The molecule has 0 amide bonds. The Balaban J connectivity index is 1.13. The Bertz CT molecular complexity index is 4090. The van der Waals surface area contributed by atoms with Gasteiger partial charge in [0.2, 0.25) is 0 Å². The molecule has 0 saturated carbocycles. The molecule has 0 N–H and O–H groups in total. The minimum absolute atomic E-state index is 1.10. The zero-order chi connectivity index (χ0) is 47.3. The van der Waals surface area contributed by atoms with Gasteiger partial charge in [-0.3, -0.25) is 0 Å². The fourth-order valence-electron chi connectivity index (χ4n) is 12.1. The van der Waals surface area contributed by atoms with Crippen LogP contribution in [0.3, 0.4) is 0 Å². The van der Waals surface area contributed by atoms with Gasteiger partial charge in [0.05, 0.1) is 22.7 Å². The lowest BCUT2D eigenvalue weighted by Gasteiger charge is -2.29. The Morgan fingerprint density at radius 3 is 0.889 bits per heavy atom. The number of hydrogen-bond acceptors (Lipinski definition) is 2. The van der Waals surface area contributed by atoms with Crippen molar-refractivity contribution >= 4 is 123 Å². The third-order valence-corrected chi connectivity index (χ3v) is 15.3. The molecule has 334 valence electrons. The maximum atomic E-state index is 2.49. The van der Waals surface area contributed by atoms with Crippen LogP contribution in [0.4, 0.5) is 34.1 Å². The molecule has 0 spiro atoms. The molecule has 0 fully saturated rings. The van der Waals surface area contributed by atoms with E-state index in [9.17, 15) is 0 Å². The lowest BCUT2D eigenvalue weighted by molar-refractivity contribution is 1.28. The average molecular weight is 913 g/mol. The third kappa shape index (κ3) is 6.16. The Morgan fingerprint density at radius 2 is 0.514 bits per heavy atom. The first kappa shape index (κ1) is 40.4. The molecule has 15 rings (SSSR count). The maximum absolute atomic E-state index is 2.49. The van der Waals surface area contributed by atoms with Crippen LogP contribution < -0.4 is 9.80 Å². The van der Waals surface area contributed by atoms with Gasteiger partial charge in [0.1, 0.15) is 0 Å². The lowest BCUT2D eigenvalue weighted by Crippen LogP contribution is -2.12.